The Balaban J connectivity index is 1.18. The fourth-order valence-electron chi connectivity index (χ4n) is 7.56. The molecule has 0 saturated carbocycles. The number of nitrogens with one attached hydrogen (secondary N) is 1. The molecule has 3 heterocycles. The Labute approximate surface area is 286 Å². The summed E-state index contributed by atoms with van der Waals surface area (Å²) < 4.78 is 69.9. The Morgan fingerprint density at radius 1 is 1.02 bits per heavy atom. The molecule has 0 bridgehead atoms. The molecular weight excluding hydrogens is 655 g/mol. The highest BCUT2D eigenvalue weighted by atomic mass is 32.2. The Hall–Kier alpha value is -3.45. The number of carbonyl (C=O) groups excluding carboxylic acids is 1. The van der Waals surface area contributed by atoms with E-state index in [2.05, 4.69) is 15.1 Å². The largest absolute Gasteiger partial charge is 0.416 e. The fourth-order valence-corrected chi connectivity index (χ4v) is 8.44. The number of piperidine rings is 1. The van der Waals surface area contributed by atoms with Gasteiger partial charge in [-0.3, -0.25) is 4.79 Å². The van der Waals surface area contributed by atoms with Crippen molar-refractivity contribution in [2.75, 3.05) is 56.7 Å². The Morgan fingerprint density at radius 3 is 2.35 bits per heavy atom. The molecule has 0 aromatic heterocycles. The zero-order valence-electron chi connectivity index (χ0n) is 27.7. The summed E-state index contributed by atoms with van der Waals surface area (Å²) in [5.41, 5.74) is 2.39. The number of alkyl halides is 3. The van der Waals surface area contributed by atoms with Gasteiger partial charge in [0.2, 0.25) is 0 Å². The molecule has 0 aliphatic carbocycles. The quantitative estimate of drug-likeness (QED) is 0.275. The molecule has 3 aliphatic heterocycles. The minimum absolute atomic E-state index is 0.0230. The summed E-state index contributed by atoms with van der Waals surface area (Å²) >= 11 is 0. The standard InChI is InChI=1S/C37H44F3N3O5S/c1-2-49(46,47)33-15-8-27(9-16-33)34(23-44)41-35(45)28-5-12-31(13-6-28)43-21-29(26-3-10-30(11-4-26)37(38,39)40)7-14-32(43)22-42-19-17-36(24-42)18-20-48-25-36/h3-6,8-13,15-16,29,32,34,44H,2,7,14,17-25H2,1H3,(H,41,45)/t29?,32-,34-,36?/m0/s1. The number of aliphatic hydroxyl groups excluding tert-OH is 1. The molecule has 2 unspecified atom stereocenters. The summed E-state index contributed by atoms with van der Waals surface area (Å²) in [6.07, 6.45) is -0.435. The van der Waals surface area contributed by atoms with Crippen LogP contribution in [0.15, 0.2) is 77.7 Å². The maximum absolute atomic E-state index is 13.3. The van der Waals surface area contributed by atoms with Gasteiger partial charge in [0, 0.05) is 54.9 Å². The number of rotatable bonds is 10. The third-order valence-corrected chi connectivity index (χ3v) is 12.3. The van der Waals surface area contributed by atoms with Gasteiger partial charge in [0.1, 0.15) is 0 Å². The SMILES string of the molecule is CCS(=O)(=O)c1ccc([C@H](CO)NC(=O)c2ccc(N3CC(c4ccc(C(F)(F)F)cc4)CC[C@H]3CN3CCC4(CCOC4)C3)cc2)cc1. The molecular formula is C37H44F3N3O5S. The Bertz CT molecular complexity index is 1690. The van der Waals surface area contributed by atoms with Crippen LogP contribution in [0.25, 0.3) is 0 Å². The number of aliphatic hydroxyl groups is 1. The van der Waals surface area contributed by atoms with E-state index in [1.165, 1.54) is 12.1 Å². The first kappa shape index (κ1) is 35.4. The minimum Gasteiger partial charge on any atom is -0.394 e. The molecule has 1 spiro atoms. The number of hydrogen-bond acceptors (Lipinski definition) is 7. The van der Waals surface area contributed by atoms with Gasteiger partial charge in [-0.1, -0.05) is 31.2 Å². The lowest BCUT2D eigenvalue weighted by Crippen LogP contribution is -2.49. The lowest BCUT2D eigenvalue weighted by Gasteiger charge is -2.43. The van der Waals surface area contributed by atoms with Crippen LogP contribution in [-0.2, 0) is 20.8 Å². The van der Waals surface area contributed by atoms with Crippen LogP contribution < -0.4 is 10.2 Å². The highest BCUT2D eigenvalue weighted by Crippen LogP contribution is 2.40. The Kier molecular flexibility index (Phi) is 10.4. The van der Waals surface area contributed by atoms with E-state index >= 15 is 0 Å². The van der Waals surface area contributed by atoms with Gasteiger partial charge in [0.25, 0.3) is 5.91 Å². The third kappa shape index (κ3) is 7.98. The van der Waals surface area contributed by atoms with Crippen molar-refractivity contribution in [2.45, 2.75) is 61.7 Å². The maximum atomic E-state index is 13.3. The first-order valence-electron chi connectivity index (χ1n) is 17.0. The number of sulfone groups is 1. The van der Waals surface area contributed by atoms with Crippen molar-refractivity contribution in [3.05, 3.63) is 95.1 Å². The van der Waals surface area contributed by atoms with Crippen LogP contribution in [0.3, 0.4) is 0 Å². The molecule has 8 nitrogen and oxygen atoms in total. The second-order valence-electron chi connectivity index (χ2n) is 13.7. The molecule has 3 saturated heterocycles. The second kappa shape index (κ2) is 14.4. The first-order chi connectivity index (χ1) is 23.4. The fraction of sp³-hybridized carbons (Fsp3) is 0.486. The van der Waals surface area contributed by atoms with Crippen molar-refractivity contribution < 1.29 is 36.2 Å². The van der Waals surface area contributed by atoms with Gasteiger partial charge >= 0.3 is 6.18 Å². The molecule has 3 aromatic carbocycles. The van der Waals surface area contributed by atoms with Crippen LogP contribution in [0.5, 0.6) is 0 Å². The molecule has 3 fully saturated rings. The van der Waals surface area contributed by atoms with Gasteiger partial charge < -0.3 is 25.0 Å². The average Bonchev–Trinajstić information content (AvgIpc) is 3.75. The van der Waals surface area contributed by atoms with Gasteiger partial charge in [-0.05, 0) is 91.9 Å². The topological polar surface area (TPSA) is 99.2 Å². The van der Waals surface area contributed by atoms with E-state index in [1.54, 1.807) is 43.3 Å². The molecule has 49 heavy (non-hydrogen) atoms. The lowest BCUT2D eigenvalue weighted by atomic mass is 9.86. The number of likely N-dealkylation sites (tertiary alicyclic amines) is 1. The number of ether oxygens (including phenoxy) is 1. The second-order valence-corrected chi connectivity index (χ2v) is 16.0. The number of anilines is 1. The highest BCUT2D eigenvalue weighted by molar-refractivity contribution is 7.91. The molecule has 6 rings (SSSR count). The molecule has 12 heteroatoms. The van der Waals surface area contributed by atoms with Gasteiger partial charge in [0.15, 0.2) is 9.84 Å². The molecule has 3 aromatic rings. The average molecular weight is 700 g/mol. The number of halogens is 3. The molecule has 4 atom stereocenters. The van der Waals surface area contributed by atoms with Gasteiger partial charge in [0.05, 0.1) is 35.5 Å². The summed E-state index contributed by atoms with van der Waals surface area (Å²) in [5, 5.41) is 12.9. The number of amides is 1. The van der Waals surface area contributed by atoms with Gasteiger partial charge in [-0.2, -0.15) is 13.2 Å². The van der Waals surface area contributed by atoms with E-state index in [-0.39, 0.29) is 40.5 Å². The zero-order valence-corrected chi connectivity index (χ0v) is 28.5. The van der Waals surface area contributed by atoms with Gasteiger partial charge in [-0.15, -0.1) is 0 Å². The highest BCUT2D eigenvalue weighted by Gasteiger charge is 2.42. The smallest absolute Gasteiger partial charge is 0.394 e. The lowest BCUT2D eigenvalue weighted by molar-refractivity contribution is -0.137. The van der Waals surface area contributed by atoms with E-state index in [0.29, 0.717) is 17.7 Å². The van der Waals surface area contributed by atoms with E-state index in [0.717, 1.165) is 81.9 Å². The van der Waals surface area contributed by atoms with E-state index in [9.17, 15) is 31.5 Å². The van der Waals surface area contributed by atoms with Crippen LogP contribution in [0.1, 0.15) is 71.6 Å². The van der Waals surface area contributed by atoms with Crippen molar-refractivity contribution in [1.82, 2.24) is 10.2 Å². The summed E-state index contributed by atoms with van der Waals surface area (Å²) in [4.78, 5) is 18.3. The number of carbonyl (C=O) groups is 1. The van der Waals surface area contributed by atoms with Crippen molar-refractivity contribution in [3.8, 4) is 0 Å². The normalized spacial score (nSPS) is 24.0. The van der Waals surface area contributed by atoms with Crippen LogP contribution in [0.4, 0.5) is 18.9 Å². The van der Waals surface area contributed by atoms with Crippen molar-refractivity contribution in [3.63, 3.8) is 0 Å². The molecule has 0 radical (unpaired) electrons. The summed E-state index contributed by atoms with van der Waals surface area (Å²) in [7, 11) is -3.37. The zero-order chi connectivity index (χ0) is 34.8. The first-order valence-corrected chi connectivity index (χ1v) is 18.6. The van der Waals surface area contributed by atoms with E-state index < -0.39 is 27.6 Å². The van der Waals surface area contributed by atoms with E-state index in [4.69, 9.17) is 4.74 Å². The van der Waals surface area contributed by atoms with Crippen LogP contribution in [0, 0.1) is 5.41 Å². The van der Waals surface area contributed by atoms with E-state index in [1.807, 2.05) is 12.1 Å². The molecule has 1 amide bonds. The van der Waals surface area contributed by atoms with Crippen molar-refractivity contribution in [1.29, 1.82) is 0 Å². The molecule has 2 N–H and O–H groups in total. The predicted molar refractivity (Wildman–Crippen MR) is 181 cm³/mol. The van der Waals surface area contributed by atoms with Crippen molar-refractivity contribution >= 4 is 21.4 Å². The summed E-state index contributed by atoms with van der Waals surface area (Å²) in [6, 6.07) is 18.4. The van der Waals surface area contributed by atoms with Crippen LogP contribution in [-0.4, -0.2) is 82.1 Å². The maximum Gasteiger partial charge on any atom is 0.416 e. The van der Waals surface area contributed by atoms with Crippen molar-refractivity contribution in [2.24, 2.45) is 5.41 Å². The predicted octanol–water partition coefficient (Wildman–Crippen LogP) is 5.83. The summed E-state index contributed by atoms with van der Waals surface area (Å²) in [6.45, 7) is 6.35. The monoisotopic (exact) mass is 699 g/mol. The van der Waals surface area contributed by atoms with Crippen LogP contribution in [0.2, 0.25) is 0 Å². The number of hydrogen-bond donors (Lipinski definition) is 2. The van der Waals surface area contributed by atoms with Crippen LogP contribution >= 0.6 is 0 Å². The third-order valence-electron chi connectivity index (χ3n) is 10.6. The number of nitrogens with zero attached hydrogens (tertiary/aromatic N) is 2. The summed E-state index contributed by atoms with van der Waals surface area (Å²) in [5.74, 6) is -0.348. The number of benzene rings is 3. The van der Waals surface area contributed by atoms with Gasteiger partial charge in [-0.25, -0.2) is 8.42 Å². The molecule has 3 aliphatic rings. The molecule has 264 valence electrons. The minimum atomic E-state index is -4.38. The Morgan fingerprint density at radius 2 is 1.73 bits per heavy atom.